The van der Waals surface area contributed by atoms with Crippen molar-refractivity contribution < 1.29 is 13.2 Å². The molecule has 1 heterocycles. The number of rotatable bonds is 2. The Morgan fingerprint density at radius 2 is 1.78 bits per heavy atom. The second kappa shape index (κ2) is 4.91. The maximum Gasteiger partial charge on any atom is 0.433 e. The van der Waals surface area contributed by atoms with Gasteiger partial charge in [-0.15, -0.1) is 0 Å². The molecule has 0 amide bonds. The smallest absolute Gasteiger partial charge is 0.359 e. The Morgan fingerprint density at radius 3 is 2.22 bits per heavy atom. The Balaban J connectivity index is 3.07. The van der Waals surface area contributed by atoms with Crippen molar-refractivity contribution in [2.45, 2.75) is 26.9 Å². The molecule has 0 radical (unpaired) electrons. The molecule has 0 saturated heterocycles. The number of nitrogens with zero attached hydrogens (tertiary/aromatic N) is 3. The molecule has 1 rings (SSSR count). The highest BCUT2D eigenvalue weighted by atomic mass is 35.5. The van der Waals surface area contributed by atoms with Crippen molar-refractivity contribution in [2.75, 3.05) is 18.5 Å². The van der Waals surface area contributed by atoms with Crippen LogP contribution in [0.3, 0.4) is 0 Å². The van der Waals surface area contributed by atoms with E-state index in [9.17, 15) is 13.2 Å². The summed E-state index contributed by atoms with van der Waals surface area (Å²) < 4.78 is 37.7. The molecule has 1 aromatic heterocycles. The Morgan fingerprint density at radius 1 is 1.22 bits per heavy atom. The molecule has 0 aromatic carbocycles. The van der Waals surface area contributed by atoms with Gasteiger partial charge in [-0.1, -0.05) is 20.8 Å². The zero-order valence-corrected chi connectivity index (χ0v) is 11.4. The molecule has 0 saturated carbocycles. The summed E-state index contributed by atoms with van der Waals surface area (Å²) in [5.41, 5.74) is -1.09. The van der Waals surface area contributed by atoms with Crippen molar-refractivity contribution in [3.63, 3.8) is 0 Å². The zero-order valence-electron chi connectivity index (χ0n) is 10.6. The van der Waals surface area contributed by atoms with E-state index >= 15 is 0 Å². The number of anilines is 1. The molecular weight excluding hydrogens is 267 g/mol. The molecule has 18 heavy (non-hydrogen) atoms. The van der Waals surface area contributed by atoms with Gasteiger partial charge in [0, 0.05) is 19.7 Å². The molecule has 0 aliphatic carbocycles. The quantitative estimate of drug-likeness (QED) is 0.775. The standard InChI is InChI=1S/C11H15ClF3N3/c1-10(2,3)6-18(4)8-5-7(11(13,14)15)16-9(12)17-8/h5H,6H2,1-4H3. The number of hydrogen-bond donors (Lipinski definition) is 0. The van der Waals surface area contributed by atoms with Crippen LogP contribution in [-0.2, 0) is 6.18 Å². The lowest BCUT2D eigenvalue weighted by Gasteiger charge is -2.27. The van der Waals surface area contributed by atoms with Gasteiger partial charge in [-0.05, 0) is 17.0 Å². The Kier molecular flexibility index (Phi) is 4.10. The molecule has 0 aliphatic rings. The van der Waals surface area contributed by atoms with E-state index in [1.165, 1.54) is 0 Å². The molecule has 0 spiro atoms. The van der Waals surface area contributed by atoms with Crippen molar-refractivity contribution in [1.29, 1.82) is 0 Å². The van der Waals surface area contributed by atoms with Gasteiger partial charge in [-0.2, -0.15) is 13.2 Å². The first-order valence-electron chi connectivity index (χ1n) is 5.32. The lowest BCUT2D eigenvalue weighted by Crippen LogP contribution is -2.30. The largest absolute Gasteiger partial charge is 0.433 e. The van der Waals surface area contributed by atoms with Crippen LogP contribution in [0.4, 0.5) is 19.0 Å². The van der Waals surface area contributed by atoms with Crippen molar-refractivity contribution in [3.05, 3.63) is 17.0 Å². The molecule has 7 heteroatoms. The third kappa shape index (κ3) is 4.33. The van der Waals surface area contributed by atoms with Gasteiger partial charge in [0.15, 0.2) is 5.69 Å². The molecule has 0 aliphatic heterocycles. The van der Waals surface area contributed by atoms with Crippen molar-refractivity contribution >= 4 is 17.4 Å². The minimum Gasteiger partial charge on any atom is -0.359 e. The van der Waals surface area contributed by atoms with Crippen LogP contribution < -0.4 is 4.90 Å². The predicted octanol–water partition coefficient (Wildman–Crippen LogP) is 3.63. The maximum atomic E-state index is 12.6. The second-order valence-electron chi connectivity index (χ2n) is 5.29. The van der Waals surface area contributed by atoms with Crippen LogP contribution in [0.5, 0.6) is 0 Å². The second-order valence-corrected chi connectivity index (χ2v) is 5.63. The summed E-state index contributed by atoms with van der Waals surface area (Å²) in [4.78, 5) is 8.63. The lowest BCUT2D eigenvalue weighted by molar-refractivity contribution is -0.141. The first-order chi connectivity index (χ1) is 7.99. The fourth-order valence-corrected chi connectivity index (χ4v) is 1.72. The van der Waals surface area contributed by atoms with E-state index in [2.05, 4.69) is 9.97 Å². The minimum absolute atomic E-state index is 0.0649. The fourth-order valence-electron chi connectivity index (χ4n) is 1.54. The summed E-state index contributed by atoms with van der Waals surface area (Å²) in [5.74, 6) is 0.164. The van der Waals surface area contributed by atoms with Crippen LogP contribution in [-0.4, -0.2) is 23.6 Å². The summed E-state index contributed by atoms with van der Waals surface area (Å²) in [7, 11) is 1.67. The van der Waals surface area contributed by atoms with E-state index in [0.717, 1.165) is 6.07 Å². The summed E-state index contributed by atoms with van der Waals surface area (Å²) in [6.45, 7) is 6.50. The third-order valence-electron chi connectivity index (χ3n) is 2.08. The minimum atomic E-state index is -4.52. The van der Waals surface area contributed by atoms with Crippen molar-refractivity contribution in [3.8, 4) is 0 Å². The van der Waals surface area contributed by atoms with Crippen LogP contribution >= 0.6 is 11.6 Å². The number of alkyl halides is 3. The molecule has 102 valence electrons. The van der Waals surface area contributed by atoms with E-state index in [4.69, 9.17) is 11.6 Å². The topological polar surface area (TPSA) is 29.0 Å². The average Bonchev–Trinajstić information content (AvgIpc) is 2.12. The van der Waals surface area contributed by atoms with Crippen LogP contribution in [0.25, 0.3) is 0 Å². The first-order valence-corrected chi connectivity index (χ1v) is 5.70. The fraction of sp³-hybridized carbons (Fsp3) is 0.636. The first kappa shape index (κ1) is 15.0. The van der Waals surface area contributed by atoms with Crippen molar-refractivity contribution in [2.24, 2.45) is 5.41 Å². The van der Waals surface area contributed by atoms with Crippen LogP contribution in [0.15, 0.2) is 6.07 Å². The van der Waals surface area contributed by atoms with Gasteiger partial charge in [0.25, 0.3) is 0 Å². The molecule has 0 atom stereocenters. The van der Waals surface area contributed by atoms with E-state index in [0.29, 0.717) is 6.54 Å². The van der Waals surface area contributed by atoms with Gasteiger partial charge in [0.1, 0.15) is 5.82 Å². The summed E-state index contributed by atoms with van der Waals surface area (Å²) in [6.07, 6.45) is -4.52. The van der Waals surface area contributed by atoms with Gasteiger partial charge in [-0.3, -0.25) is 0 Å². The van der Waals surface area contributed by atoms with E-state index in [-0.39, 0.29) is 11.2 Å². The molecule has 3 nitrogen and oxygen atoms in total. The predicted molar refractivity (Wildman–Crippen MR) is 64.8 cm³/mol. The molecule has 0 bridgehead atoms. The van der Waals surface area contributed by atoms with Gasteiger partial charge in [0.2, 0.25) is 5.28 Å². The highest BCUT2D eigenvalue weighted by Gasteiger charge is 2.34. The number of aromatic nitrogens is 2. The zero-order chi connectivity index (χ0) is 14.1. The Labute approximate surface area is 109 Å². The Hall–Kier alpha value is -1.04. The molecule has 1 aromatic rings. The van der Waals surface area contributed by atoms with Gasteiger partial charge in [-0.25, -0.2) is 9.97 Å². The van der Waals surface area contributed by atoms with E-state index < -0.39 is 17.2 Å². The molecule has 0 N–H and O–H groups in total. The Bertz CT molecular complexity index is 427. The number of hydrogen-bond acceptors (Lipinski definition) is 3. The van der Waals surface area contributed by atoms with Gasteiger partial charge >= 0.3 is 6.18 Å². The number of halogens is 4. The highest BCUT2D eigenvalue weighted by molar-refractivity contribution is 6.28. The summed E-state index contributed by atoms with van der Waals surface area (Å²) in [6, 6.07) is 0.900. The summed E-state index contributed by atoms with van der Waals surface area (Å²) >= 11 is 5.52. The molecule has 0 unspecified atom stereocenters. The van der Waals surface area contributed by atoms with Crippen LogP contribution in [0.1, 0.15) is 26.5 Å². The lowest BCUT2D eigenvalue weighted by atomic mass is 9.96. The van der Waals surface area contributed by atoms with Crippen molar-refractivity contribution in [1.82, 2.24) is 9.97 Å². The molecular formula is C11H15ClF3N3. The molecule has 0 fully saturated rings. The summed E-state index contributed by atoms with van der Waals surface area (Å²) in [5, 5.41) is -0.402. The van der Waals surface area contributed by atoms with E-state index in [1.54, 1.807) is 11.9 Å². The maximum absolute atomic E-state index is 12.6. The van der Waals surface area contributed by atoms with E-state index in [1.807, 2.05) is 20.8 Å². The average molecular weight is 282 g/mol. The highest BCUT2D eigenvalue weighted by Crippen LogP contribution is 2.30. The van der Waals surface area contributed by atoms with Crippen LogP contribution in [0.2, 0.25) is 5.28 Å². The van der Waals surface area contributed by atoms with Gasteiger partial charge in [0.05, 0.1) is 0 Å². The SMILES string of the molecule is CN(CC(C)(C)C)c1cc(C(F)(F)F)nc(Cl)n1. The van der Waals surface area contributed by atoms with Crippen LogP contribution in [0, 0.1) is 5.41 Å². The normalized spacial score (nSPS) is 12.7. The monoisotopic (exact) mass is 281 g/mol. The third-order valence-corrected chi connectivity index (χ3v) is 2.25. The van der Waals surface area contributed by atoms with Gasteiger partial charge < -0.3 is 4.90 Å².